The van der Waals surface area contributed by atoms with Crippen molar-refractivity contribution >= 4 is 18.4 Å². The zero-order valence-electron chi connectivity index (χ0n) is 20.1. The van der Waals surface area contributed by atoms with Crippen LogP contribution in [0.5, 0.6) is 5.75 Å². The van der Waals surface area contributed by atoms with Crippen molar-refractivity contribution in [1.29, 1.82) is 0 Å². The summed E-state index contributed by atoms with van der Waals surface area (Å²) in [6.07, 6.45) is -2.61. The Labute approximate surface area is 224 Å². The van der Waals surface area contributed by atoms with E-state index in [9.17, 15) is 39.5 Å². The van der Waals surface area contributed by atoms with Crippen molar-refractivity contribution in [1.82, 2.24) is 0 Å². The van der Waals surface area contributed by atoms with Gasteiger partial charge in [-0.15, -0.1) is 0 Å². The van der Waals surface area contributed by atoms with Crippen LogP contribution in [-0.2, 0) is 11.1 Å². The molecule has 1 atom stereocenters. The molecule has 0 amide bonds. The molecule has 0 saturated heterocycles. The molecule has 6 rings (SSSR count). The average molecular weight is 580 g/mol. The normalized spacial score (nSPS) is 15.2. The van der Waals surface area contributed by atoms with Crippen LogP contribution in [0.2, 0.25) is 0 Å². The van der Waals surface area contributed by atoms with Gasteiger partial charge in [-0.3, -0.25) is 0 Å². The zero-order chi connectivity index (χ0) is 29.3. The van der Waals surface area contributed by atoms with Crippen molar-refractivity contribution in [3.63, 3.8) is 0 Å². The molecule has 208 valence electrons. The first kappa shape index (κ1) is 26.9. The first-order valence-corrected chi connectivity index (χ1v) is 11.8. The van der Waals surface area contributed by atoms with Gasteiger partial charge in [0, 0.05) is 34.6 Å². The molecule has 2 nitrogen and oxygen atoms in total. The van der Waals surface area contributed by atoms with Crippen LogP contribution in [0, 0.1) is 46.5 Å². The highest BCUT2D eigenvalue weighted by Gasteiger charge is 2.43. The highest BCUT2D eigenvalue weighted by atomic mass is 19.2. The van der Waals surface area contributed by atoms with Gasteiger partial charge in [-0.05, 0) is 29.3 Å². The van der Waals surface area contributed by atoms with E-state index < -0.39 is 117 Å². The van der Waals surface area contributed by atoms with E-state index in [0.29, 0.717) is 18.2 Å². The lowest BCUT2D eigenvalue weighted by molar-refractivity contribution is 0.187. The molecule has 2 aliphatic carbocycles. The van der Waals surface area contributed by atoms with Gasteiger partial charge in [0.25, 0.3) is 0 Å². The SMILES string of the molecule is FC1=C(F)C(OB(Oc2c(F)c(F)c(F)c3c2Cc2ccc(F)c(F)c2-3)c2ccc(F)cc2F)c2cccc(F)c21. The second-order valence-corrected chi connectivity index (χ2v) is 9.19. The smallest absolute Gasteiger partial charge is 0.530 e. The first-order valence-electron chi connectivity index (χ1n) is 11.8. The Hall–Kier alpha value is -4.26. The molecule has 0 N–H and O–H groups in total. The molecule has 0 spiro atoms. The minimum absolute atomic E-state index is 0.0747. The number of hydrogen-bond acceptors (Lipinski definition) is 2. The fourth-order valence-electron chi connectivity index (χ4n) is 5.02. The molecule has 0 heterocycles. The largest absolute Gasteiger partial charge is 0.566 e. The van der Waals surface area contributed by atoms with Crippen molar-refractivity contribution in [2.24, 2.45) is 0 Å². The molecule has 0 fully saturated rings. The van der Waals surface area contributed by atoms with Crippen molar-refractivity contribution in [3.05, 3.63) is 123 Å². The van der Waals surface area contributed by atoms with Gasteiger partial charge >= 0.3 is 7.12 Å². The maximum absolute atomic E-state index is 15.2. The van der Waals surface area contributed by atoms with Crippen molar-refractivity contribution in [2.45, 2.75) is 12.5 Å². The van der Waals surface area contributed by atoms with Gasteiger partial charge < -0.3 is 9.31 Å². The van der Waals surface area contributed by atoms with Crippen molar-refractivity contribution in [2.75, 3.05) is 0 Å². The minimum atomic E-state index is -2.32. The number of benzene rings is 4. The van der Waals surface area contributed by atoms with Crippen LogP contribution in [0.25, 0.3) is 17.0 Å². The van der Waals surface area contributed by atoms with E-state index in [-0.39, 0.29) is 5.56 Å². The Morgan fingerprint density at radius 2 is 1.41 bits per heavy atom. The monoisotopic (exact) mass is 580 g/mol. The average Bonchev–Trinajstić information content (AvgIpc) is 3.44. The summed E-state index contributed by atoms with van der Waals surface area (Å²) in [5.41, 5.74) is -4.13. The summed E-state index contributed by atoms with van der Waals surface area (Å²) in [6, 6.07) is 6.59. The fraction of sp³-hybridized carbons (Fsp3) is 0.0714. The predicted octanol–water partition coefficient (Wildman–Crippen LogP) is 7.52. The van der Waals surface area contributed by atoms with E-state index in [1.807, 2.05) is 0 Å². The summed E-state index contributed by atoms with van der Waals surface area (Å²) >= 11 is 0. The number of hydrogen-bond donors (Lipinski definition) is 0. The van der Waals surface area contributed by atoms with Crippen LogP contribution < -0.4 is 10.1 Å². The number of fused-ring (bicyclic) bond motifs is 4. The van der Waals surface area contributed by atoms with Gasteiger partial charge in [-0.1, -0.05) is 24.3 Å². The lowest BCUT2D eigenvalue weighted by Crippen LogP contribution is -2.43. The minimum Gasteiger partial charge on any atom is -0.530 e. The summed E-state index contributed by atoms with van der Waals surface area (Å²) in [7, 11) is -2.32. The molecule has 0 radical (unpaired) electrons. The first-order chi connectivity index (χ1) is 19.5. The quantitative estimate of drug-likeness (QED) is 0.122. The second kappa shape index (κ2) is 9.69. The Kier molecular flexibility index (Phi) is 6.36. The van der Waals surface area contributed by atoms with Crippen LogP contribution in [0.3, 0.4) is 0 Å². The Bertz CT molecular complexity index is 1810. The molecule has 2 aliphatic rings. The molecular weight excluding hydrogens is 569 g/mol. The topological polar surface area (TPSA) is 18.5 Å². The van der Waals surface area contributed by atoms with Gasteiger partial charge in [0.05, 0.1) is 5.56 Å². The molecule has 4 aromatic rings. The lowest BCUT2D eigenvalue weighted by atomic mass is 9.77. The highest BCUT2D eigenvalue weighted by Crippen LogP contribution is 2.48. The molecule has 41 heavy (non-hydrogen) atoms. The van der Waals surface area contributed by atoms with Gasteiger partial charge in [-0.25, -0.2) is 39.5 Å². The van der Waals surface area contributed by atoms with Crippen LogP contribution >= 0.6 is 0 Å². The van der Waals surface area contributed by atoms with E-state index in [0.717, 1.165) is 30.3 Å². The Morgan fingerprint density at radius 3 is 2.15 bits per heavy atom. The van der Waals surface area contributed by atoms with Crippen LogP contribution in [0.4, 0.5) is 43.9 Å². The van der Waals surface area contributed by atoms with Gasteiger partial charge in [0.2, 0.25) is 5.82 Å². The molecule has 4 aromatic carbocycles. The number of halogens is 10. The fourth-order valence-corrected chi connectivity index (χ4v) is 5.02. The Morgan fingerprint density at radius 1 is 0.659 bits per heavy atom. The molecule has 0 bridgehead atoms. The second-order valence-electron chi connectivity index (χ2n) is 9.19. The van der Waals surface area contributed by atoms with E-state index in [1.165, 1.54) is 0 Å². The van der Waals surface area contributed by atoms with Gasteiger partial charge in [0.1, 0.15) is 29.3 Å². The lowest BCUT2D eigenvalue weighted by Gasteiger charge is -2.23. The summed E-state index contributed by atoms with van der Waals surface area (Å²) in [5, 5.41) is 0. The van der Waals surface area contributed by atoms with Crippen molar-refractivity contribution < 1.29 is 53.2 Å². The van der Waals surface area contributed by atoms with E-state index in [4.69, 9.17) is 9.31 Å². The summed E-state index contributed by atoms with van der Waals surface area (Å²) in [4.78, 5) is 0. The maximum Gasteiger partial charge on any atom is 0.566 e. The molecular formula is C28H11BF10O2. The van der Waals surface area contributed by atoms with Crippen LogP contribution in [0.1, 0.15) is 28.4 Å². The molecule has 1 unspecified atom stereocenters. The maximum atomic E-state index is 15.2. The van der Waals surface area contributed by atoms with E-state index in [2.05, 4.69) is 0 Å². The summed E-state index contributed by atoms with van der Waals surface area (Å²) < 4.78 is 157. The predicted molar refractivity (Wildman–Crippen MR) is 126 cm³/mol. The van der Waals surface area contributed by atoms with E-state index >= 15 is 4.39 Å². The molecule has 0 aliphatic heterocycles. The third-order valence-corrected chi connectivity index (χ3v) is 6.87. The molecule has 0 aromatic heterocycles. The van der Waals surface area contributed by atoms with E-state index in [1.54, 1.807) is 0 Å². The third kappa shape index (κ3) is 4.09. The van der Waals surface area contributed by atoms with Crippen LogP contribution in [-0.4, -0.2) is 7.12 Å². The summed E-state index contributed by atoms with van der Waals surface area (Å²) in [6.45, 7) is 0. The molecule has 13 heteroatoms. The highest BCUT2D eigenvalue weighted by molar-refractivity contribution is 6.62. The zero-order valence-corrected chi connectivity index (χ0v) is 20.1. The standard InChI is InChI=1S/C28H11BF10O2/c30-11-5-6-14(17(33)9-11)29(40-27-12-2-1-3-15(31)19(12)22(35)25(27)38)41-28-13-8-10-4-7-16(32)21(34)18(10)20(13)23(36)24(37)26(28)39/h1-7,9,27H,8H2. The number of rotatable bonds is 5. The van der Waals surface area contributed by atoms with Crippen molar-refractivity contribution in [3.8, 4) is 16.9 Å². The van der Waals surface area contributed by atoms with Crippen LogP contribution in [0.15, 0.2) is 54.4 Å². The Balaban J connectivity index is 1.51. The molecule has 0 saturated carbocycles. The van der Waals surface area contributed by atoms with Gasteiger partial charge in [-0.2, -0.15) is 4.39 Å². The third-order valence-electron chi connectivity index (χ3n) is 6.87. The summed E-state index contributed by atoms with van der Waals surface area (Å²) in [5.74, 6) is -17.1. The van der Waals surface area contributed by atoms with Gasteiger partial charge in [0.15, 0.2) is 34.9 Å².